The number of carbonyl (C=O) groups excluding carboxylic acids is 2. The number of hydrogen-bond acceptors (Lipinski definition) is 4. The normalized spacial score (nSPS) is 32.6. The molecule has 2 fully saturated rings. The van der Waals surface area contributed by atoms with Gasteiger partial charge in [-0.25, -0.2) is 0 Å². The summed E-state index contributed by atoms with van der Waals surface area (Å²) in [5.41, 5.74) is 0. The van der Waals surface area contributed by atoms with E-state index in [4.69, 9.17) is 21.1 Å². The lowest BCUT2D eigenvalue weighted by atomic mass is 9.79. The van der Waals surface area contributed by atoms with Crippen molar-refractivity contribution in [1.29, 1.82) is 0 Å². The van der Waals surface area contributed by atoms with Crippen molar-refractivity contribution in [2.24, 2.45) is 23.7 Å². The Bertz CT molecular complexity index is 337. The van der Waals surface area contributed by atoms with Gasteiger partial charge in [0, 0.05) is 11.3 Å². The van der Waals surface area contributed by atoms with Crippen LogP contribution >= 0.6 is 11.6 Å². The van der Waals surface area contributed by atoms with Gasteiger partial charge in [-0.3, -0.25) is 9.59 Å². The Labute approximate surface area is 118 Å². The zero-order valence-electron chi connectivity index (χ0n) is 11.4. The zero-order valence-corrected chi connectivity index (χ0v) is 12.2. The Kier molecular flexibility index (Phi) is 4.71. The second-order valence-electron chi connectivity index (χ2n) is 5.34. The third-order valence-corrected chi connectivity index (χ3v) is 4.99. The largest absolute Gasteiger partial charge is 0.465 e. The number of halogens is 1. The van der Waals surface area contributed by atoms with Gasteiger partial charge in [-0.05, 0) is 44.9 Å². The highest BCUT2D eigenvalue weighted by Gasteiger charge is 2.54. The van der Waals surface area contributed by atoms with E-state index in [0.717, 1.165) is 19.3 Å². The summed E-state index contributed by atoms with van der Waals surface area (Å²) in [6, 6.07) is 0. The molecule has 108 valence electrons. The van der Waals surface area contributed by atoms with Crippen molar-refractivity contribution in [3.05, 3.63) is 0 Å². The van der Waals surface area contributed by atoms with E-state index < -0.39 is 17.9 Å². The Morgan fingerprint density at radius 2 is 1.63 bits per heavy atom. The monoisotopic (exact) mass is 288 g/mol. The van der Waals surface area contributed by atoms with Gasteiger partial charge in [-0.15, -0.1) is 11.6 Å². The molecule has 2 aliphatic rings. The minimum Gasteiger partial charge on any atom is -0.465 e. The second-order valence-corrected chi connectivity index (χ2v) is 5.84. The summed E-state index contributed by atoms with van der Waals surface area (Å²) >= 11 is 6.44. The summed E-state index contributed by atoms with van der Waals surface area (Å²) in [6.07, 6.45) is 3.18. The molecule has 0 saturated heterocycles. The minimum atomic E-state index is -0.849. The van der Waals surface area contributed by atoms with E-state index in [1.807, 2.05) is 0 Å². The Morgan fingerprint density at radius 3 is 2.05 bits per heavy atom. The quantitative estimate of drug-likeness (QED) is 0.443. The average molecular weight is 289 g/mol. The van der Waals surface area contributed by atoms with Crippen molar-refractivity contribution in [2.45, 2.75) is 38.5 Å². The van der Waals surface area contributed by atoms with E-state index in [2.05, 4.69) is 0 Å². The summed E-state index contributed by atoms with van der Waals surface area (Å²) in [6.45, 7) is 4.00. The summed E-state index contributed by atoms with van der Waals surface area (Å²) in [4.78, 5) is 24.2. The van der Waals surface area contributed by atoms with Gasteiger partial charge in [-0.1, -0.05) is 0 Å². The van der Waals surface area contributed by atoms with Crippen molar-refractivity contribution < 1.29 is 19.1 Å². The van der Waals surface area contributed by atoms with Crippen LogP contribution in [0.15, 0.2) is 0 Å². The van der Waals surface area contributed by atoms with Gasteiger partial charge < -0.3 is 9.47 Å². The van der Waals surface area contributed by atoms with E-state index >= 15 is 0 Å². The predicted molar refractivity (Wildman–Crippen MR) is 70.7 cm³/mol. The van der Waals surface area contributed by atoms with Crippen molar-refractivity contribution in [3.8, 4) is 0 Å². The lowest BCUT2D eigenvalue weighted by Gasteiger charge is -2.31. The van der Waals surface area contributed by atoms with Crippen LogP contribution in [-0.2, 0) is 19.1 Å². The van der Waals surface area contributed by atoms with E-state index in [0.29, 0.717) is 11.8 Å². The van der Waals surface area contributed by atoms with Crippen molar-refractivity contribution >= 4 is 23.5 Å². The van der Waals surface area contributed by atoms with E-state index in [1.54, 1.807) is 13.8 Å². The van der Waals surface area contributed by atoms with Crippen LogP contribution < -0.4 is 0 Å². The molecule has 2 bridgehead atoms. The number of ether oxygens (including phenoxy) is 2. The molecular weight excluding hydrogens is 268 g/mol. The number of fused-ring (bicyclic) bond motifs is 2. The molecule has 0 heterocycles. The SMILES string of the molecule is CCOC(=O)C(C(=O)OCC)[C@@H]1[C@H]2CC[C@H](C2)[C@H]1Cl. The number of rotatable bonds is 5. The molecule has 0 spiro atoms. The zero-order chi connectivity index (χ0) is 14.0. The highest BCUT2D eigenvalue weighted by atomic mass is 35.5. The molecule has 0 aromatic rings. The van der Waals surface area contributed by atoms with Crippen LogP contribution in [0.1, 0.15) is 33.1 Å². The molecule has 0 N–H and O–H groups in total. The van der Waals surface area contributed by atoms with E-state index in [9.17, 15) is 9.59 Å². The Hall–Kier alpha value is -0.770. The summed E-state index contributed by atoms with van der Waals surface area (Å²) in [7, 11) is 0. The average Bonchev–Trinajstić information content (AvgIpc) is 2.93. The third kappa shape index (κ3) is 2.73. The fraction of sp³-hybridized carbons (Fsp3) is 0.857. The first-order valence-corrected chi connectivity index (χ1v) is 7.51. The molecule has 0 amide bonds. The van der Waals surface area contributed by atoms with Crippen LogP contribution in [0.3, 0.4) is 0 Å². The van der Waals surface area contributed by atoms with Crippen LogP contribution in [0.4, 0.5) is 0 Å². The summed E-state index contributed by atoms with van der Waals surface area (Å²) in [5, 5.41) is -0.113. The molecule has 0 radical (unpaired) electrons. The van der Waals surface area contributed by atoms with Crippen molar-refractivity contribution in [2.75, 3.05) is 13.2 Å². The lowest BCUT2D eigenvalue weighted by molar-refractivity contribution is -0.165. The molecule has 2 aliphatic carbocycles. The first-order chi connectivity index (χ1) is 9.10. The molecule has 4 nitrogen and oxygen atoms in total. The summed E-state index contributed by atoms with van der Waals surface area (Å²) < 4.78 is 10.1. The van der Waals surface area contributed by atoms with Crippen LogP contribution in [0.25, 0.3) is 0 Å². The molecule has 5 heteroatoms. The van der Waals surface area contributed by atoms with E-state index in [-0.39, 0.29) is 24.5 Å². The first-order valence-electron chi connectivity index (χ1n) is 7.07. The molecule has 0 aromatic heterocycles. The topological polar surface area (TPSA) is 52.6 Å². The Morgan fingerprint density at radius 1 is 1.11 bits per heavy atom. The minimum absolute atomic E-state index is 0.113. The maximum absolute atomic E-state index is 12.1. The number of esters is 2. The van der Waals surface area contributed by atoms with Gasteiger partial charge in [0.25, 0.3) is 0 Å². The molecule has 19 heavy (non-hydrogen) atoms. The molecular formula is C14H21ClO4. The predicted octanol–water partition coefficient (Wildman–Crippen LogP) is 2.38. The first kappa shape index (κ1) is 14.6. The summed E-state index contributed by atoms with van der Waals surface area (Å²) in [5.74, 6) is -1.15. The second kappa shape index (κ2) is 6.12. The molecule has 0 aliphatic heterocycles. The molecule has 2 rings (SSSR count). The van der Waals surface area contributed by atoms with Gasteiger partial charge >= 0.3 is 11.9 Å². The lowest BCUT2D eigenvalue weighted by Crippen LogP contribution is -2.41. The molecule has 2 saturated carbocycles. The molecule has 0 unspecified atom stereocenters. The highest BCUT2D eigenvalue weighted by molar-refractivity contribution is 6.21. The van der Waals surface area contributed by atoms with Crippen LogP contribution in [0, 0.1) is 23.7 Å². The van der Waals surface area contributed by atoms with Gasteiger partial charge in [0.1, 0.15) is 0 Å². The van der Waals surface area contributed by atoms with Gasteiger partial charge in [0.05, 0.1) is 13.2 Å². The molecule has 0 aromatic carbocycles. The smallest absolute Gasteiger partial charge is 0.320 e. The third-order valence-electron chi connectivity index (χ3n) is 4.34. The van der Waals surface area contributed by atoms with Gasteiger partial charge in [0.2, 0.25) is 0 Å². The molecule has 4 atom stereocenters. The number of alkyl halides is 1. The maximum Gasteiger partial charge on any atom is 0.320 e. The van der Waals surface area contributed by atoms with Crippen LogP contribution in [-0.4, -0.2) is 30.5 Å². The maximum atomic E-state index is 12.1. The van der Waals surface area contributed by atoms with Crippen LogP contribution in [0.2, 0.25) is 0 Å². The Balaban J connectivity index is 2.17. The van der Waals surface area contributed by atoms with Gasteiger partial charge in [0.15, 0.2) is 5.92 Å². The fourth-order valence-corrected chi connectivity index (χ4v) is 4.18. The van der Waals surface area contributed by atoms with E-state index in [1.165, 1.54) is 0 Å². The van der Waals surface area contributed by atoms with Crippen LogP contribution in [0.5, 0.6) is 0 Å². The fourth-order valence-electron chi connectivity index (χ4n) is 3.60. The number of carbonyl (C=O) groups is 2. The standard InChI is InChI=1S/C14H21ClO4/c1-3-18-13(16)11(14(17)19-4-2)10-8-5-6-9(7-8)12(10)15/h8-12H,3-7H2,1-2H3/t8-,9+,10-,12+/m0/s1. The van der Waals surface area contributed by atoms with Gasteiger partial charge in [-0.2, -0.15) is 0 Å². The van der Waals surface area contributed by atoms with Crippen molar-refractivity contribution in [3.63, 3.8) is 0 Å². The van der Waals surface area contributed by atoms with Crippen molar-refractivity contribution in [1.82, 2.24) is 0 Å². The highest BCUT2D eigenvalue weighted by Crippen LogP contribution is 2.53. The number of hydrogen-bond donors (Lipinski definition) is 0.